The van der Waals surface area contributed by atoms with Crippen molar-refractivity contribution in [3.05, 3.63) is 114 Å². The van der Waals surface area contributed by atoms with Crippen LogP contribution in [0.5, 0.6) is 0 Å². The van der Waals surface area contributed by atoms with Crippen LogP contribution >= 0.6 is 0 Å². The quantitative estimate of drug-likeness (QED) is 0.265. The molecule has 0 radical (unpaired) electrons. The van der Waals surface area contributed by atoms with Gasteiger partial charge in [-0.05, 0) is 37.1 Å². The van der Waals surface area contributed by atoms with Crippen LogP contribution in [-0.4, -0.2) is 9.97 Å². The molecular weight excluding hydrogens is 537 g/mol. The maximum absolute atomic E-state index is 6.85. The molecular formula is C25H20N3Pt+. The summed E-state index contributed by atoms with van der Waals surface area (Å²) in [6.45, 7) is 10.8. The Kier molecular flexibility index (Phi) is 8.46. The van der Waals surface area contributed by atoms with Gasteiger partial charge in [-0.15, -0.1) is 24.3 Å². The summed E-state index contributed by atoms with van der Waals surface area (Å²) in [5, 5.41) is 0. The van der Waals surface area contributed by atoms with Crippen molar-refractivity contribution in [3.8, 4) is 22.5 Å². The SMILES string of the molecule is [C-]#[N+]c1c(C)cccc1C.[Pt+2].[c-]1c(-c2ccccn2)cccc1-c1ccccn1. The van der Waals surface area contributed by atoms with Gasteiger partial charge in [-0.3, -0.25) is 9.97 Å². The second-order valence-corrected chi connectivity index (χ2v) is 6.26. The molecule has 0 amide bonds. The summed E-state index contributed by atoms with van der Waals surface area (Å²) in [4.78, 5) is 12.1. The first-order valence-corrected chi connectivity index (χ1v) is 8.98. The molecule has 0 unspecified atom stereocenters. The molecule has 144 valence electrons. The topological polar surface area (TPSA) is 30.1 Å². The Balaban J connectivity index is 0.000000234. The molecule has 4 heteroatoms. The van der Waals surface area contributed by atoms with E-state index in [-0.39, 0.29) is 21.1 Å². The van der Waals surface area contributed by atoms with E-state index in [1.807, 2.05) is 86.6 Å². The average Bonchev–Trinajstić information content (AvgIpc) is 2.76. The predicted octanol–water partition coefficient (Wildman–Crippen LogP) is 6.46. The minimum Gasteiger partial charge on any atom is -0.295 e. The number of benzene rings is 2. The Labute approximate surface area is 186 Å². The van der Waals surface area contributed by atoms with Crippen LogP contribution in [0, 0.1) is 26.5 Å². The van der Waals surface area contributed by atoms with E-state index in [9.17, 15) is 0 Å². The van der Waals surface area contributed by atoms with Crippen molar-refractivity contribution >= 4 is 5.69 Å². The molecule has 0 aliphatic carbocycles. The number of pyridine rings is 2. The first kappa shape index (κ1) is 22.2. The molecule has 0 aliphatic heterocycles. The van der Waals surface area contributed by atoms with Crippen molar-refractivity contribution in [1.82, 2.24) is 9.97 Å². The molecule has 4 rings (SSSR count). The summed E-state index contributed by atoms with van der Waals surface area (Å²) in [5.41, 5.74) is 6.75. The zero-order chi connectivity index (χ0) is 19.8. The first-order chi connectivity index (χ1) is 13.7. The van der Waals surface area contributed by atoms with Crippen LogP contribution in [0.25, 0.3) is 27.4 Å². The summed E-state index contributed by atoms with van der Waals surface area (Å²) < 4.78 is 0. The number of aromatic nitrogens is 2. The second-order valence-electron chi connectivity index (χ2n) is 6.26. The number of para-hydroxylation sites is 1. The van der Waals surface area contributed by atoms with Gasteiger partial charge in [-0.1, -0.05) is 53.6 Å². The molecule has 0 bridgehead atoms. The molecule has 3 nitrogen and oxygen atoms in total. The molecule has 0 saturated heterocycles. The minimum atomic E-state index is 0. The van der Waals surface area contributed by atoms with Crippen molar-refractivity contribution in [1.29, 1.82) is 0 Å². The third-order valence-electron chi connectivity index (χ3n) is 4.23. The third-order valence-corrected chi connectivity index (χ3v) is 4.23. The number of nitrogens with zero attached hydrogens (tertiary/aromatic N) is 3. The van der Waals surface area contributed by atoms with Crippen molar-refractivity contribution in [2.24, 2.45) is 0 Å². The molecule has 0 saturated carbocycles. The van der Waals surface area contributed by atoms with Crippen molar-refractivity contribution in [2.45, 2.75) is 13.8 Å². The summed E-state index contributed by atoms with van der Waals surface area (Å²) in [6, 6.07) is 27.0. The molecule has 0 spiro atoms. The maximum atomic E-state index is 6.85. The van der Waals surface area contributed by atoms with E-state index < -0.39 is 0 Å². The number of hydrogen-bond donors (Lipinski definition) is 0. The largest absolute Gasteiger partial charge is 2.00 e. The van der Waals surface area contributed by atoms with Gasteiger partial charge in [-0.2, -0.15) is 0 Å². The molecule has 2 aromatic heterocycles. The van der Waals surface area contributed by atoms with Gasteiger partial charge >= 0.3 is 21.1 Å². The van der Waals surface area contributed by atoms with Crippen LogP contribution < -0.4 is 0 Å². The predicted molar refractivity (Wildman–Crippen MR) is 114 cm³/mol. The molecule has 0 aliphatic rings. The van der Waals surface area contributed by atoms with Gasteiger partial charge in [0, 0.05) is 23.8 Å². The van der Waals surface area contributed by atoms with E-state index in [1.165, 1.54) is 0 Å². The molecule has 29 heavy (non-hydrogen) atoms. The van der Waals surface area contributed by atoms with Crippen molar-refractivity contribution in [2.75, 3.05) is 0 Å². The second kappa shape index (κ2) is 11.0. The number of aryl methyl sites for hydroxylation is 2. The summed E-state index contributed by atoms with van der Waals surface area (Å²) >= 11 is 0. The fourth-order valence-electron chi connectivity index (χ4n) is 2.79. The molecule has 0 fully saturated rings. The molecule has 2 aromatic carbocycles. The van der Waals surface area contributed by atoms with E-state index in [4.69, 9.17) is 6.57 Å². The number of hydrogen-bond acceptors (Lipinski definition) is 2. The first-order valence-electron chi connectivity index (χ1n) is 8.98. The maximum Gasteiger partial charge on any atom is 2.00 e. The van der Waals surface area contributed by atoms with E-state index in [0.29, 0.717) is 0 Å². The van der Waals surface area contributed by atoms with Gasteiger partial charge in [0.25, 0.3) is 0 Å². The van der Waals surface area contributed by atoms with Gasteiger partial charge in [0.1, 0.15) is 0 Å². The third kappa shape index (κ3) is 5.95. The molecule has 4 aromatic rings. The van der Waals surface area contributed by atoms with E-state index in [1.54, 1.807) is 12.4 Å². The van der Waals surface area contributed by atoms with Crippen LogP contribution in [0.15, 0.2) is 85.2 Å². The van der Waals surface area contributed by atoms with E-state index in [0.717, 1.165) is 39.3 Å². The molecule has 0 N–H and O–H groups in total. The smallest absolute Gasteiger partial charge is 0.295 e. The number of rotatable bonds is 2. The van der Waals surface area contributed by atoms with Gasteiger partial charge in [-0.25, -0.2) is 4.85 Å². The average molecular weight is 558 g/mol. The van der Waals surface area contributed by atoms with Crippen LogP contribution in [0.2, 0.25) is 0 Å². The van der Waals surface area contributed by atoms with Gasteiger partial charge in [0.05, 0.1) is 6.57 Å². The zero-order valence-electron chi connectivity index (χ0n) is 16.2. The van der Waals surface area contributed by atoms with Crippen LogP contribution in [0.4, 0.5) is 5.69 Å². The van der Waals surface area contributed by atoms with Crippen LogP contribution in [0.3, 0.4) is 0 Å². The molecule has 0 atom stereocenters. The van der Waals surface area contributed by atoms with Crippen molar-refractivity contribution < 1.29 is 21.1 Å². The Bertz CT molecular complexity index is 1010. The standard InChI is InChI=1S/C16H11N2.C9H9N.Pt/c1-3-10-17-15(8-1)13-6-5-7-14(12-13)16-9-2-4-11-18-16;1-7-5-4-6-8(2)9(7)10-3;/h1-11H;4-6H,1-2H3;/q-1;;+2. The monoisotopic (exact) mass is 557 g/mol. The van der Waals surface area contributed by atoms with Gasteiger partial charge in [0.15, 0.2) is 5.69 Å². The van der Waals surface area contributed by atoms with Crippen molar-refractivity contribution in [3.63, 3.8) is 0 Å². The van der Waals surface area contributed by atoms with Gasteiger partial charge in [0.2, 0.25) is 0 Å². The Hall–Kier alpha value is -3.08. The summed E-state index contributed by atoms with van der Waals surface area (Å²) in [6.07, 6.45) is 3.58. The Morgan fingerprint density at radius 3 is 1.55 bits per heavy atom. The minimum absolute atomic E-state index is 0. The van der Waals surface area contributed by atoms with Gasteiger partial charge < -0.3 is 0 Å². The molecule has 2 heterocycles. The van der Waals surface area contributed by atoms with Crippen LogP contribution in [0.1, 0.15) is 11.1 Å². The normalized spacial score (nSPS) is 9.41. The van der Waals surface area contributed by atoms with E-state index >= 15 is 0 Å². The van der Waals surface area contributed by atoms with Crippen LogP contribution in [-0.2, 0) is 21.1 Å². The summed E-state index contributed by atoms with van der Waals surface area (Å²) in [7, 11) is 0. The summed E-state index contributed by atoms with van der Waals surface area (Å²) in [5.74, 6) is 0. The van der Waals surface area contributed by atoms with E-state index in [2.05, 4.69) is 20.9 Å². The fraction of sp³-hybridized carbons (Fsp3) is 0.0800. The fourth-order valence-corrected chi connectivity index (χ4v) is 2.79. The Morgan fingerprint density at radius 1 is 0.690 bits per heavy atom. The Morgan fingerprint density at radius 2 is 1.17 bits per heavy atom. The zero-order valence-corrected chi connectivity index (χ0v) is 18.5.